The van der Waals surface area contributed by atoms with Crippen molar-refractivity contribution in [3.05, 3.63) is 48.0 Å². The normalized spacial score (nSPS) is 10.5. The van der Waals surface area contributed by atoms with Crippen LogP contribution < -0.4 is 5.73 Å². The van der Waals surface area contributed by atoms with Crippen molar-refractivity contribution in [2.45, 2.75) is 5.75 Å². The third kappa shape index (κ3) is 2.55. The lowest BCUT2D eigenvalue weighted by Gasteiger charge is -2.05. The van der Waals surface area contributed by atoms with E-state index in [0.29, 0.717) is 5.75 Å². The molecular formula is C13H13NOS. The number of hydrogen-bond acceptors (Lipinski definition) is 2. The molecule has 1 amide bonds. The summed E-state index contributed by atoms with van der Waals surface area (Å²) in [7, 11) is 0. The first kappa shape index (κ1) is 11.0. The largest absolute Gasteiger partial charge is 0.369 e. The molecule has 0 atom stereocenters. The fourth-order valence-electron chi connectivity index (χ4n) is 1.68. The van der Waals surface area contributed by atoms with Crippen LogP contribution in [0, 0.1) is 0 Å². The van der Waals surface area contributed by atoms with Crippen molar-refractivity contribution in [1.29, 1.82) is 0 Å². The average Bonchev–Trinajstić information content (AvgIpc) is 2.29. The molecule has 82 valence electrons. The molecule has 2 aromatic carbocycles. The van der Waals surface area contributed by atoms with E-state index in [9.17, 15) is 4.79 Å². The van der Waals surface area contributed by atoms with Crippen LogP contribution in [0.4, 0.5) is 0 Å². The van der Waals surface area contributed by atoms with Gasteiger partial charge >= 0.3 is 0 Å². The topological polar surface area (TPSA) is 43.1 Å². The highest BCUT2D eigenvalue weighted by Gasteiger charge is 2.01. The van der Waals surface area contributed by atoms with E-state index in [0.717, 1.165) is 5.75 Å². The van der Waals surface area contributed by atoms with Gasteiger partial charge in [0.2, 0.25) is 5.91 Å². The van der Waals surface area contributed by atoms with Crippen LogP contribution in [0.1, 0.15) is 5.56 Å². The number of amides is 1. The first-order valence-corrected chi connectivity index (χ1v) is 6.25. The number of thioether (sulfide) groups is 1. The second kappa shape index (κ2) is 5.03. The average molecular weight is 231 g/mol. The molecule has 0 aromatic heterocycles. The van der Waals surface area contributed by atoms with Gasteiger partial charge in [0.15, 0.2) is 0 Å². The summed E-state index contributed by atoms with van der Waals surface area (Å²) in [6.07, 6.45) is 0. The van der Waals surface area contributed by atoms with E-state index < -0.39 is 0 Å². The van der Waals surface area contributed by atoms with Crippen LogP contribution in [0.3, 0.4) is 0 Å². The molecule has 0 aliphatic carbocycles. The highest BCUT2D eigenvalue weighted by molar-refractivity contribution is 7.99. The predicted octanol–water partition coefficient (Wildman–Crippen LogP) is 2.56. The molecule has 0 unspecified atom stereocenters. The number of fused-ring (bicyclic) bond motifs is 1. The molecule has 16 heavy (non-hydrogen) atoms. The van der Waals surface area contributed by atoms with E-state index in [4.69, 9.17) is 5.73 Å². The number of carbonyl (C=O) groups excluding carboxylic acids is 1. The Morgan fingerprint density at radius 3 is 2.69 bits per heavy atom. The molecule has 0 radical (unpaired) electrons. The standard InChI is InChI=1S/C13H13NOS/c14-13(15)9-16-8-11-6-3-5-10-4-1-2-7-12(10)11/h1-7H,8-9H2,(H2,14,15). The van der Waals surface area contributed by atoms with Gasteiger partial charge in [-0.1, -0.05) is 42.5 Å². The Labute approximate surface area is 98.8 Å². The van der Waals surface area contributed by atoms with Gasteiger partial charge in [0, 0.05) is 5.75 Å². The summed E-state index contributed by atoms with van der Waals surface area (Å²) in [4.78, 5) is 10.7. The third-order valence-electron chi connectivity index (χ3n) is 2.38. The second-order valence-electron chi connectivity index (χ2n) is 3.60. The molecular weight excluding hydrogens is 218 g/mol. The lowest BCUT2D eigenvalue weighted by atomic mass is 10.1. The van der Waals surface area contributed by atoms with Crippen molar-refractivity contribution in [1.82, 2.24) is 0 Å². The highest BCUT2D eigenvalue weighted by atomic mass is 32.2. The minimum atomic E-state index is -0.259. The first-order valence-electron chi connectivity index (χ1n) is 5.10. The zero-order valence-corrected chi connectivity index (χ0v) is 9.67. The Balaban J connectivity index is 2.20. The maximum Gasteiger partial charge on any atom is 0.227 e. The highest BCUT2D eigenvalue weighted by Crippen LogP contribution is 2.22. The number of primary amides is 1. The summed E-state index contributed by atoms with van der Waals surface area (Å²) in [5.74, 6) is 0.943. The Bertz CT molecular complexity index is 505. The summed E-state index contributed by atoms with van der Waals surface area (Å²) < 4.78 is 0. The van der Waals surface area contributed by atoms with Gasteiger partial charge in [-0.3, -0.25) is 4.79 Å². The summed E-state index contributed by atoms with van der Waals surface area (Å²) in [6.45, 7) is 0. The van der Waals surface area contributed by atoms with Crippen LogP contribution in [-0.4, -0.2) is 11.7 Å². The Hall–Kier alpha value is -1.48. The van der Waals surface area contributed by atoms with Crippen LogP contribution in [0.5, 0.6) is 0 Å². The summed E-state index contributed by atoms with van der Waals surface area (Å²) in [6, 6.07) is 14.5. The van der Waals surface area contributed by atoms with Gasteiger partial charge in [-0.25, -0.2) is 0 Å². The lowest BCUT2D eigenvalue weighted by molar-refractivity contribution is -0.115. The molecule has 0 fully saturated rings. The fraction of sp³-hybridized carbons (Fsp3) is 0.154. The Kier molecular flexibility index (Phi) is 3.47. The van der Waals surface area contributed by atoms with Crippen LogP contribution in [0.25, 0.3) is 10.8 Å². The summed E-state index contributed by atoms with van der Waals surface area (Å²) >= 11 is 1.55. The molecule has 0 aliphatic rings. The second-order valence-corrected chi connectivity index (χ2v) is 4.58. The van der Waals surface area contributed by atoms with Gasteiger partial charge in [-0.15, -0.1) is 11.8 Å². The van der Waals surface area contributed by atoms with E-state index in [2.05, 4.69) is 24.3 Å². The van der Waals surface area contributed by atoms with Crippen molar-refractivity contribution in [3.63, 3.8) is 0 Å². The molecule has 0 spiro atoms. The van der Waals surface area contributed by atoms with Crippen LogP contribution >= 0.6 is 11.8 Å². The van der Waals surface area contributed by atoms with Crippen molar-refractivity contribution in [3.8, 4) is 0 Å². The fourth-order valence-corrected chi connectivity index (χ4v) is 2.45. The monoisotopic (exact) mass is 231 g/mol. The summed E-state index contributed by atoms with van der Waals surface area (Å²) in [5.41, 5.74) is 6.36. The maximum atomic E-state index is 10.7. The first-order chi connectivity index (χ1) is 7.77. The Morgan fingerprint density at radius 2 is 1.88 bits per heavy atom. The molecule has 2 nitrogen and oxygen atoms in total. The number of nitrogens with two attached hydrogens (primary N) is 1. The quantitative estimate of drug-likeness (QED) is 0.878. The van der Waals surface area contributed by atoms with E-state index in [1.54, 1.807) is 11.8 Å². The number of carbonyl (C=O) groups is 1. The van der Waals surface area contributed by atoms with Crippen molar-refractivity contribution < 1.29 is 4.79 Å². The van der Waals surface area contributed by atoms with E-state index in [-0.39, 0.29) is 5.91 Å². The molecule has 2 rings (SSSR count). The van der Waals surface area contributed by atoms with Gasteiger partial charge in [-0.2, -0.15) is 0 Å². The van der Waals surface area contributed by atoms with E-state index in [1.165, 1.54) is 16.3 Å². The number of benzene rings is 2. The maximum absolute atomic E-state index is 10.7. The molecule has 0 saturated heterocycles. The van der Waals surface area contributed by atoms with Gasteiger partial charge in [0.1, 0.15) is 0 Å². The van der Waals surface area contributed by atoms with E-state index in [1.807, 2.05) is 18.2 Å². The van der Waals surface area contributed by atoms with Gasteiger partial charge < -0.3 is 5.73 Å². The minimum absolute atomic E-state index is 0.259. The third-order valence-corrected chi connectivity index (χ3v) is 3.39. The van der Waals surface area contributed by atoms with E-state index >= 15 is 0 Å². The Morgan fingerprint density at radius 1 is 1.12 bits per heavy atom. The van der Waals surface area contributed by atoms with Crippen LogP contribution in [0.2, 0.25) is 0 Å². The van der Waals surface area contributed by atoms with Gasteiger partial charge in [0.25, 0.3) is 0 Å². The molecule has 3 heteroatoms. The minimum Gasteiger partial charge on any atom is -0.369 e. The zero-order chi connectivity index (χ0) is 11.4. The molecule has 2 N–H and O–H groups in total. The molecule has 0 aliphatic heterocycles. The van der Waals surface area contributed by atoms with Crippen molar-refractivity contribution in [2.75, 3.05) is 5.75 Å². The van der Waals surface area contributed by atoms with Crippen molar-refractivity contribution >= 4 is 28.4 Å². The summed E-state index contributed by atoms with van der Waals surface area (Å²) in [5, 5.41) is 2.49. The number of hydrogen-bond donors (Lipinski definition) is 1. The van der Waals surface area contributed by atoms with Crippen LogP contribution in [0.15, 0.2) is 42.5 Å². The zero-order valence-electron chi connectivity index (χ0n) is 8.85. The number of rotatable bonds is 4. The molecule has 0 saturated carbocycles. The van der Waals surface area contributed by atoms with Gasteiger partial charge in [0.05, 0.1) is 5.75 Å². The lowest BCUT2D eigenvalue weighted by Crippen LogP contribution is -2.13. The predicted molar refractivity (Wildman–Crippen MR) is 69.3 cm³/mol. The van der Waals surface area contributed by atoms with Crippen LogP contribution in [-0.2, 0) is 10.5 Å². The van der Waals surface area contributed by atoms with Crippen molar-refractivity contribution in [2.24, 2.45) is 5.73 Å². The van der Waals surface area contributed by atoms with Gasteiger partial charge in [-0.05, 0) is 16.3 Å². The SMILES string of the molecule is NC(=O)CSCc1cccc2ccccc12. The smallest absolute Gasteiger partial charge is 0.227 e. The molecule has 0 bridgehead atoms. The molecule has 2 aromatic rings. The molecule has 0 heterocycles.